The summed E-state index contributed by atoms with van der Waals surface area (Å²) >= 11 is 0. The highest BCUT2D eigenvalue weighted by Crippen LogP contribution is 2.34. The first-order chi connectivity index (χ1) is 12.2. The van der Waals surface area contributed by atoms with Gasteiger partial charge in [-0.15, -0.1) is 0 Å². The summed E-state index contributed by atoms with van der Waals surface area (Å²) < 4.78 is 1.65. The van der Waals surface area contributed by atoms with Crippen LogP contribution >= 0.6 is 0 Å². The third kappa shape index (κ3) is 3.19. The number of anilines is 2. The maximum absolute atomic E-state index is 12.2. The highest BCUT2D eigenvalue weighted by molar-refractivity contribution is 5.98. The van der Waals surface area contributed by atoms with Crippen LogP contribution in [-0.2, 0) is 0 Å². The van der Waals surface area contributed by atoms with E-state index in [1.54, 1.807) is 4.68 Å². The van der Waals surface area contributed by atoms with Gasteiger partial charge in [0.2, 0.25) is 0 Å². The number of amides is 2. The Morgan fingerprint density at radius 1 is 1.04 bits per heavy atom. The molecule has 1 heterocycles. The van der Waals surface area contributed by atoms with Gasteiger partial charge in [-0.25, -0.2) is 9.48 Å². The van der Waals surface area contributed by atoms with E-state index in [0.717, 1.165) is 24.1 Å². The number of carbonyl (C=O) groups excluding carboxylic acids is 1. The topological polar surface area (TPSA) is 85.0 Å². The maximum atomic E-state index is 12.2. The average molecular weight is 333 g/mol. The Labute approximate surface area is 145 Å². The van der Waals surface area contributed by atoms with Crippen molar-refractivity contribution < 1.29 is 4.79 Å². The molecular formula is C19H19N5O. The largest absolute Gasteiger partial charge is 0.382 e. The minimum atomic E-state index is -0.251. The number of para-hydroxylation sites is 1. The smallest absolute Gasteiger partial charge is 0.319 e. The zero-order valence-corrected chi connectivity index (χ0v) is 13.6. The van der Waals surface area contributed by atoms with Crippen LogP contribution in [0.3, 0.4) is 0 Å². The first-order valence-corrected chi connectivity index (χ1v) is 8.29. The van der Waals surface area contributed by atoms with Gasteiger partial charge in [-0.1, -0.05) is 48.5 Å². The Morgan fingerprint density at radius 2 is 1.68 bits per heavy atom. The molecule has 0 bridgehead atoms. The number of nitrogen functional groups attached to an aromatic ring is 1. The number of hydrogen-bond donors (Lipinski definition) is 3. The molecule has 3 aromatic rings. The Hall–Kier alpha value is -3.28. The van der Waals surface area contributed by atoms with E-state index >= 15 is 0 Å². The van der Waals surface area contributed by atoms with Crippen molar-refractivity contribution in [1.82, 2.24) is 15.1 Å². The molecule has 25 heavy (non-hydrogen) atoms. The quantitative estimate of drug-likeness (QED) is 0.684. The van der Waals surface area contributed by atoms with Crippen LogP contribution in [0, 0.1) is 0 Å². The van der Waals surface area contributed by atoms with Crippen molar-refractivity contribution in [2.75, 3.05) is 11.1 Å². The molecule has 1 aromatic heterocycles. The minimum absolute atomic E-state index is 0.251. The Kier molecular flexibility index (Phi) is 3.85. The first kappa shape index (κ1) is 15.3. The fourth-order valence-electron chi connectivity index (χ4n) is 2.68. The summed E-state index contributed by atoms with van der Waals surface area (Å²) in [6, 6.07) is 19.3. The third-order valence-corrected chi connectivity index (χ3v) is 4.12. The van der Waals surface area contributed by atoms with E-state index < -0.39 is 0 Å². The number of nitrogens with two attached hydrogens (primary N) is 1. The van der Waals surface area contributed by atoms with Crippen LogP contribution < -0.4 is 16.4 Å². The molecule has 0 unspecified atom stereocenters. The van der Waals surface area contributed by atoms with Crippen molar-refractivity contribution in [3.05, 3.63) is 60.7 Å². The van der Waals surface area contributed by atoms with Crippen molar-refractivity contribution in [2.24, 2.45) is 0 Å². The second-order valence-corrected chi connectivity index (χ2v) is 6.09. The predicted molar refractivity (Wildman–Crippen MR) is 98.6 cm³/mol. The van der Waals surface area contributed by atoms with Gasteiger partial charge in [-0.2, -0.15) is 5.10 Å². The van der Waals surface area contributed by atoms with Gasteiger partial charge in [0.05, 0.1) is 5.69 Å². The molecule has 0 aliphatic heterocycles. The second kappa shape index (κ2) is 6.32. The van der Waals surface area contributed by atoms with Crippen LogP contribution in [0.25, 0.3) is 16.9 Å². The first-order valence-electron chi connectivity index (χ1n) is 8.29. The lowest BCUT2D eigenvalue weighted by molar-refractivity contribution is 0.251. The lowest BCUT2D eigenvalue weighted by atomic mass is 10.1. The monoisotopic (exact) mass is 333 g/mol. The lowest BCUT2D eigenvalue weighted by Gasteiger charge is -2.08. The van der Waals surface area contributed by atoms with Crippen LogP contribution in [-0.4, -0.2) is 21.9 Å². The molecule has 4 rings (SSSR count). The standard InChI is InChI=1S/C19H19N5O/c20-18-17(22-19(25)21-14-11-12-14)16(13-7-3-1-4-8-13)23-24(18)15-9-5-2-6-10-15/h1-10,14H,11-12,20H2,(H2,21,22,25). The number of rotatable bonds is 4. The van der Waals surface area contributed by atoms with Crippen molar-refractivity contribution >= 4 is 17.5 Å². The number of aromatic nitrogens is 2. The van der Waals surface area contributed by atoms with Crippen molar-refractivity contribution in [3.63, 3.8) is 0 Å². The molecule has 1 saturated carbocycles. The highest BCUT2D eigenvalue weighted by atomic mass is 16.2. The Bertz CT molecular complexity index is 885. The zero-order valence-electron chi connectivity index (χ0n) is 13.6. The van der Waals surface area contributed by atoms with Gasteiger partial charge in [-0.05, 0) is 25.0 Å². The van der Waals surface area contributed by atoms with Gasteiger partial charge >= 0.3 is 6.03 Å². The SMILES string of the molecule is Nc1c(NC(=O)NC2CC2)c(-c2ccccc2)nn1-c1ccccc1. The third-order valence-electron chi connectivity index (χ3n) is 4.12. The van der Waals surface area contributed by atoms with E-state index in [1.165, 1.54) is 0 Å². The normalized spacial score (nSPS) is 13.4. The summed E-state index contributed by atoms with van der Waals surface area (Å²) in [6.07, 6.45) is 2.05. The Morgan fingerprint density at radius 3 is 2.32 bits per heavy atom. The van der Waals surface area contributed by atoms with Gasteiger partial charge in [0, 0.05) is 11.6 Å². The van der Waals surface area contributed by atoms with E-state index in [4.69, 9.17) is 5.73 Å². The van der Waals surface area contributed by atoms with Crippen molar-refractivity contribution in [3.8, 4) is 16.9 Å². The molecular weight excluding hydrogens is 314 g/mol. The van der Waals surface area contributed by atoms with Crippen molar-refractivity contribution in [1.29, 1.82) is 0 Å². The molecule has 4 N–H and O–H groups in total. The molecule has 2 aromatic carbocycles. The molecule has 0 saturated heterocycles. The van der Waals surface area contributed by atoms with E-state index in [-0.39, 0.29) is 12.1 Å². The lowest BCUT2D eigenvalue weighted by Crippen LogP contribution is -2.30. The van der Waals surface area contributed by atoms with Gasteiger partial charge in [-0.3, -0.25) is 0 Å². The number of benzene rings is 2. The molecule has 6 heteroatoms. The van der Waals surface area contributed by atoms with Gasteiger partial charge in [0.15, 0.2) is 5.82 Å². The van der Waals surface area contributed by atoms with E-state index in [9.17, 15) is 4.79 Å². The van der Waals surface area contributed by atoms with E-state index in [1.807, 2.05) is 60.7 Å². The number of urea groups is 1. The number of nitrogens with zero attached hydrogens (tertiary/aromatic N) is 2. The molecule has 2 amide bonds. The molecule has 0 radical (unpaired) electrons. The summed E-state index contributed by atoms with van der Waals surface area (Å²) in [5.41, 5.74) is 9.23. The average Bonchev–Trinajstić information content (AvgIpc) is 3.40. The van der Waals surface area contributed by atoms with Crippen LogP contribution in [0.15, 0.2) is 60.7 Å². The van der Waals surface area contributed by atoms with Crippen LogP contribution in [0.4, 0.5) is 16.3 Å². The molecule has 1 fully saturated rings. The van der Waals surface area contributed by atoms with E-state index in [2.05, 4.69) is 15.7 Å². The maximum Gasteiger partial charge on any atom is 0.319 e. The summed E-state index contributed by atoms with van der Waals surface area (Å²) in [7, 11) is 0. The molecule has 6 nitrogen and oxygen atoms in total. The fraction of sp³-hybridized carbons (Fsp3) is 0.158. The number of nitrogens with one attached hydrogen (secondary N) is 2. The molecule has 0 atom stereocenters. The minimum Gasteiger partial charge on any atom is -0.382 e. The fourth-order valence-corrected chi connectivity index (χ4v) is 2.68. The van der Waals surface area contributed by atoms with Gasteiger partial charge in [0.1, 0.15) is 11.4 Å². The summed E-state index contributed by atoms with van der Waals surface area (Å²) in [5, 5.41) is 10.4. The zero-order chi connectivity index (χ0) is 17.2. The summed E-state index contributed by atoms with van der Waals surface area (Å²) in [5.74, 6) is 0.399. The van der Waals surface area contributed by atoms with Crippen molar-refractivity contribution in [2.45, 2.75) is 18.9 Å². The van der Waals surface area contributed by atoms with Crippen LogP contribution in [0.1, 0.15) is 12.8 Å². The molecule has 1 aliphatic rings. The summed E-state index contributed by atoms with van der Waals surface area (Å²) in [6.45, 7) is 0. The second-order valence-electron chi connectivity index (χ2n) is 6.09. The summed E-state index contributed by atoms with van der Waals surface area (Å²) in [4.78, 5) is 12.2. The van der Waals surface area contributed by atoms with Gasteiger partial charge < -0.3 is 16.4 Å². The van der Waals surface area contributed by atoms with E-state index in [0.29, 0.717) is 17.2 Å². The number of carbonyl (C=O) groups is 1. The number of hydrogen-bond acceptors (Lipinski definition) is 3. The molecule has 126 valence electrons. The Balaban J connectivity index is 1.76. The van der Waals surface area contributed by atoms with Crippen LogP contribution in [0.2, 0.25) is 0 Å². The van der Waals surface area contributed by atoms with Crippen LogP contribution in [0.5, 0.6) is 0 Å². The van der Waals surface area contributed by atoms with Gasteiger partial charge in [0.25, 0.3) is 0 Å². The molecule has 0 spiro atoms. The predicted octanol–water partition coefficient (Wildman–Crippen LogP) is 3.41. The molecule has 1 aliphatic carbocycles. The highest BCUT2D eigenvalue weighted by Gasteiger charge is 2.25.